The van der Waals surface area contributed by atoms with Crippen molar-refractivity contribution in [3.8, 4) is 0 Å². The summed E-state index contributed by atoms with van der Waals surface area (Å²) in [5, 5.41) is -0.973. The van der Waals surface area contributed by atoms with Gasteiger partial charge in [0.15, 0.2) is 19.7 Å². The summed E-state index contributed by atoms with van der Waals surface area (Å²) >= 11 is 0. The summed E-state index contributed by atoms with van der Waals surface area (Å²) in [6.45, 7) is 5.45. The van der Waals surface area contributed by atoms with Crippen molar-refractivity contribution < 1.29 is 21.6 Å². The molecule has 1 aromatic rings. The number of nitrogens with zero attached hydrogens (tertiary/aromatic N) is 2. The molecule has 9 heteroatoms. The molecule has 0 unspecified atom stereocenters. The van der Waals surface area contributed by atoms with E-state index in [1.807, 2.05) is 11.8 Å². The van der Waals surface area contributed by atoms with Crippen LogP contribution in [0.5, 0.6) is 0 Å². The zero-order chi connectivity index (χ0) is 19.8. The van der Waals surface area contributed by atoms with Crippen LogP contribution in [0.4, 0.5) is 0 Å². The highest BCUT2D eigenvalue weighted by Gasteiger charge is 2.48. The third kappa shape index (κ3) is 4.20. The monoisotopic (exact) mass is 414 g/mol. The van der Waals surface area contributed by atoms with Crippen molar-refractivity contribution >= 4 is 25.6 Å². The lowest BCUT2D eigenvalue weighted by atomic mass is 10.2. The Morgan fingerprint density at radius 1 is 1.07 bits per heavy atom. The lowest BCUT2D eigenvalue weighted by Crippen LogP contribution is -2.55. The van der Waals surface area contributed by atoms with Gasteiger partial charge in [-0.15, -0.1) is 0 Å². The Balaban J connectivity index is 1.86. The van der Waals surface area contributed by atoms with E-state index < -0.39 is 31.0 Å². The van der Waals surface area contributed by atoms with E-state index in [4.69, 9.17) is 0 Å². The summed E-state index contributed by atoms with van der Waals surface area (Å²) < 4.78 is 51.0. The van der Waals surface area contributed by atoms with Gasteiger partial charge >= 0.3 is 0 Å². The maximum absolute atomic E-state index is 13.2. The lowest BCUT2D eigenvalue weighted by Gasteiger charge is -2.39. The Morgan fingerprint density at radius 2 is 1.67 bits per heavy atom. The van der Waals surface area contributed by atoms with E-state index in [0.717, 1.165) is 12.0 Å². The average Bonchev–Trinajstić information content (AvgIpc) is 2.98. The second-order valence-corrected chi connectivity index (χ2v) is 11.6. The van der Waals surface area contributed by atoms with Gasteiger partial charge < -0.3 is 4.90 Å². The van der Waals surface area contributed by atoms with Gasteiger partial charge in [-0.05, 0) is 24.1 Å². The van der Waals surface area contributed by atoms with Gasteiger partial charge in [-0.25, -0.2) is 16.8 Å². The molecule has 27 heavy (non-hydrogen) atoms. The summed E-state index contributed by atoms with van der Waals surface area (Å²) in [6, 6.07) is 6.13. The number of sulfone groups is 2. The topological polar surface area (TPSA) is 91.8 Å². The van der Waals surface area contributed by atoms with E-state index in [1.54, 1.807) is 29.2 Å². The minimum Gasteiger partial charge on any atom is -0.340 e. The minimum atomic E-state index is -3.76. The SMILES string of the molecule is CCc1ccc(S(=O)(=O)[C@H]2CS(=O)(=O)C[C@@H]2N2CCN(C(C)=O)CC2)cc1. The molecule has 2 aliphatic rings. The summed E-state index contributed by atoms with van der Waals surface area (Å²) in [6.07, 6.45) is 0.807. The van der Waals surface area contributed by atoms with Crippen molar-refractivity contribution in [3.05, 3.63) is 29.8 Å². The second-order valence-electron chi connectivity index (χ2n) is 7.27. The van der Waals surface area contributed by atoms with Crippen molar-refractivity contribution in [1.82, 2.24) is 9.80 Å². The fraction of sp³-hybridized carbons (Fsp3) is 0.611. The van der Waals surface area contributed by atoms with Crippen LogP contribution in [0, 0.1) is 0 Å². The van der Waals surface area contributed by atoms with Gasteiger partial charge in [0.2, 0.25) is 5.91 Å². The molecule has 2 heterocycles. The molecular formula is C18H26N2O5S2. The molecule has 0 aromatic heterocycles. The largest absolute Gasteiger partial charge is 0.340 e. The van der Waals surface area contributed by atoms with E-state index in [9.17, 15) is 21.6 Å². The summed E-state index contributed by atoms with van der Waals surface area (Å²) in [5.41, 5.74) is 1.03. The third-order valence-corrected chi connectivity index (χ3v) is 9.69. The smallest absolute Gasteiger partial charge is 0.219 e. The number of hydrogen-bond acceptors (Lipinski definition) is 6. The van der Waals surface area contributed by atoms with Gasteiger partial charge in [-0.3, -0.25) is 9.69 Å². The van der Waals surface area contributed by atoms with E-state index in [1.165, 1.54) is 6.92 Å². The van der Waals surface area contributed by atoms with Crippen LogP contribution in [-0.2, 0) is 30.9 Å². The Kier molecular flexibility index (Phi) is 5.65. The molecule has 1 amide bonds. The lowest BCUT2D eigenvalue weighted by molar-refractivity contribution is -0.130. The zero-order valence-electron chi connectivity index (χ0n) is 15.7. The Bertz CT molecular complexity index is 902. The van der Waals surface area contributed by atoms with E-state index in [2.05, 4.69) is 0 Å². The van der Waals surface area contributed by atoms with Gasteiger partial charge in [-0.1, -0.05) is 19.1 Å². The number of aryl methyl sites for hydroxylation is 1. The molecule has 0 bridgehead atoms. The number of hydrogen-bond donors (Lipinski definition) is 0. The van der Waals surface area contributed by atoms with Crippen LogP contribution in [-0.4, -0.2) is 81.5 Å². The molecule has 2 saturated heterocycles. The van der Waals surface area contributed by atoms with Crippen LogP contribution in [0.25, 0.3) is 0 Å². The molecule has 2 aliphatic heterocycles. The van der Waals surface area contributed by atoms with Gasteiger partial charge in [0.1, 0.15) is 0 Å². The molecular weight excluding hydrogens is 388 g/mol. The molecule has 0 radical (unpaired) electrons. The first-order chi connectivity index (χ1) is 12.6. The number of amides is 1. The predicted octanol–water partition coefficient (Wildman–Crippen LogP) is 0.352. The molecule has 2 atom stereocenters. The van der Waals surface area contributed by atoms with Crippen molar-refractivity contribution in [3.63, 3.8) is 0 Å². The molecule has 150 valence electrons. The van der Waals surface area contributed by atoms with E-state index in [-0.39, 0.29) is 22.3 Å². The summed E-state index contributed by atoms with van der Waals surface area (Å²) in [5.74, 6) is -0.513. The van der Waals surface area contributed by atoms with Crippen LogP contribution in [0.1, 0.15) is 19.4 Å². The van der Waals surface area contributed by atoms with Gasteiger partial charge in [0, 0.05) is 39.1 Å². The van der Waals surface area contributed by atoms with Gasteiger partial charge in [0.05, 0.1) is 21.7 Å². The standard InChI is InChI=1S/C18H26N2O5S2/c1-3-15-4-6-16(7-5-15)27(24,25)18-13-26(22,23)12-17(18)20-10-8-19(9-11-20)14(2)21/h4-7,17-18H,3,8-13H2,1-2H3/t17-,18-/m0/s1. The Labute approximate surface area is 161 Å². The summed E-state index contributed by atoms with van der Waals surface area (Å²) in [7, 11) is -7.19. The molecule has 0 saturated carbocycles. The minimum absolute atomic E-state index is 0.0196. The van der Waals surface area contributed by atoms with E-state index in [0.29, 0.717) is 26.2 Å². The Morgan fingerprint density at radius 3 is 2.19 bits per heavy atom. The van der Waals surface area contributed by atoms with Gasteiger partial charge in [-0.2, -0.15) is 0 Å². The molecule has 0 aliphatic carbocycles. The number of carbonyl (C=O) groups is 1. The normalized spacial score (nSPS) is 26.2. The van der Waals surface area contributed by atoms with Gasteiger partial charge in [0.25, 0.3) is 0 Å². The van der Waals surface area contributed by atoms with Crippen molar-refractivity contribution in [1.29, 1.82) is 0 Å². The Hall–Kier alpha value is -1.45. The quantitative estimate of drug-likeness (QED) is 0.706. The molecule has 0 N–H and O–H groups in total. The molecule has 7 nitrogen and oxygen atoms in total. The third-order valence-electron chi connectivity index (χ3n) is 5.56. The van der Waals surface area contributed by atoms with Crippen LogP contribution in [0.2, 0.25) is 0 Å². The first-order valence-electron chi connectivity index (χ1n) is 9.17. The number of benzene rings is 1. The first-order valence-corrected chi connectivity index (χ1v) is 12.5. The molecule has 0 spiro atoms. The van der Waals surface area contributed by atoms with Crippen molar-refractivity contribution in [2.45, 2.75) is 36.5 Å². The maximum Gasteiger partial charge on any atom is 0.219 e. The zero-order valence-corrected chi connectivity index (χ0v) is 17.3. The predicted molar refractivity (Wildman–Crippen MR) is 103 cm³/mol. The molecule has 3 rings (SSSR count). The van der Waals surface area contributed by atoms with Crippen LogP contribution >= 0.6 is 0 Å². The molecule has 2 fully saturated rings. The highest BCUT2D eigenvalue weighted by Crippen LogP contribution is 2.30. The highest BCUT2D eigenvalue weighted by molar-refractivity contribution is 7.96. The fourth-order valence-corrected chi connectivity index (χ4v) is 8.72. The van der Waals surface area contributed by atoms with Crippen LogP contribution < -0.4 is 0 Å². The first kappa shape index (κ1) is 20.3. The van der Waals surface area contributed by atoms with Crippen molar-refractivity contribution in [2.24, 2.45) is 0 Å². The summed E-state index contributed by atoms with van der Waals surface area (Å²) in [4.78, 5) is 15.3. The fourth-order valence-electron chi connectivity index (χ4n) is 3.89. The van der Waals surface area contributed by atoms with Crippen LogP contribution in [0.15, 0.2) is 29.2 Å². The highest BCUT2D eigenvalue weighted by atomic mass is 32.2. The number of piperazine rings is 1. The van der Waals surface area contributed by atoms with E-state index >= 15 is 0 Å². The maximum atomic E-state index is 13.2. The number of carbonyl (C=O) groups excluding carboxylic acids is 1. The van der Waals surface area contributed by atoms with Crippen molar-refractivity contribution in [2.75, 3.05) is 37.7 Å². The second kappa shape index (κ2) is 7.52. The molecule has 1 aromatic carbocycles. The number of rotatable bonds is 4. The average molecular weight is 415 g/mol. The van der Waals surface area contributed by atoms with Crippen LogP contribution in [0.3, 0.4) is 0 Å².